The Bertz CT molecular complexity index is 1650. The smallest absolute Gasteiger partial charge is 0.288 e. The van der Waals surface area contributed by atoms with Crippen LogP contribution in [0.1, 0.15) is 49.4 Å². The van der Waals surface area contributed by atoms with Crippen molar-refractivity contribution in [3.63, 3.8) is 0 Å². The van der Waals surface area contributed by atoms with Crippen LogP contribution in [0, 0.1) is 5.92 Å². The van der Waals surface area contributed by atoms with Crippen molar-refractivity contribution in [2.24, 2.45) is 5.92 Å². The van der Waals surface area contributed by atoms with E-state index in [1.807, 2.05) is 73.8 Å². The molecule has 49 heavy (non-hydrogen) atoms. The fourth-order valence-corrected chi connectivity index (χ4v) is 7.39. The van der Waals surface area contributed by atoms with Gasteiger partial charge in [0.05, 0.1) is 38.6 Å². The van der Waals surface area contributed by atoms with Crippen molar-refractivity contribution < 1.29 is 38.4 Å². The lowest BCUT2D eigenvalue weighted by atomic mass is 9.81. The van der Waals surface area contributed by atoms with E-state index in [2.05, 4.69) is 10.2 Å². The number of hydrogen-bond acceptors (Lipinski definition) is 9. The highest BCUT2D eigenvalue weighted by molar-refractivity contribution is 5.96. The molecule has 0 radical (unpaired) electrons. The molecule has 2 fully saturated rings. The van der Waals surface area contributed by atoms with Crippen LogP contribution in [-0.4, -0.2) is 104 Å². The number of likely N-dealkylation sites (tertiary alicyclic amines) is 1. The Labute approximate surface area is 286 Å². The van der Waals surface area contributed by atoms with Crippen molar-refractivity contribution in [1.29, 1.82) is 0 Å². The van der Waals surface area contributed by atoms with Crippen molar-refractivity contribution in [3.05, 3.63) is 78.2 Å². The SMILES string of the molecule is CCO[C@@H]1OC(C(=O)N2CCC3(CC2)C(=O)NCN3c2ccccc2)=C[C@H](c2cn(C(C)=O)c3ccccc23)[C@@H]1CCOCCOCCO. The molecule has 0 unspecified atom stereocenters. The summed E-state index contributed by atoms with van der Waals surface area (Å²) in [5.74, 6) is -0.729. The lowest BCUT2D eigenvalue weighted by Gasteiger charge is -2.44. The largest absolute Gasteiger partial charge is 0.459 e. The van der Waals surface area contributed by atoms with E-state index >= 15 is 0 Å². The normalized spacial score (nSPS) is 21.9. The van der Waals surface area contributed by atoms with Gasteiger partial charge in [0.2, 0.25) is 18.1 Å². The van der Waals surface area contributed by atoms with Gasteiger partial charge in [-0.3, -0.25) is 19.0 Å². The Morgan fingerprint density at radius 1 is 1.00 bits per heavy atom. The van der Waals surface area contributed by atoms with E-state index < -0.39 is 11.8 Å². The van der Waals surface area contributed by atoms with Crippen molar-refractivity contribution >= 4 is 34.3 Å². The number of benzene rings is 2. The van der Waals surface area contributed by atoms with Gasteiger partial charge >= 0.3 is 0 Å². The van der Waals surface area contributed by atoms with Crippen LogP contribution in [0.2, 0.25) is 0 Å². The molecule has 1 spiro atoms. The van der Waals surface area contributed by atoms with Crippen LogP contribution in [-0.2, 0) is 28.5 Å². The number of anilines is 1. The van der Waals surface area contributed by atoms with Crippen LogP contribution >= 0.6 is 0 Å². The molecule has 3 aliphatic heterocycles. The molecule has 3 aromatic rings. The summed E-state index contributed by atoms with van der Waals surface area (Å²) >= 11 is 0. The fourth-order valence-electron chi connectivity index (χ4n) is 7.39. The molecule has 2 saturated heterocycles. The van der Waals surface area contributed by atoms with E-state index in [0.29, 0.717) is 65.4 Å². The number of carbonyl (C=O) groups excluding carboxylic acids is 3. The maximum Gasteiger partial charge on any atom is 0.288 e. The second-order valence-corrected chi connectivity index (χ2v) is 12.6. The first-order valence-electron chi connectivity index (χ1n) is 17.2. The number of aromatic nitrogens is 1. The molecule has 12 heteroatoms. The van der Waals surface area contributed by atoms with Crippen molar-refractivity contribution in [3.8, 4) is 0 Å². The minimum absolute atomic E-state index is 0.0139. The molecular weight excluding hydrogens is 628 g/mol. The van der Waals surface area contributed by atoms with Crippen LogP contribution in [0.5, 0.6) is 0 Å². The maximum absolute atomic E-state index is 14.2. The molecule has 4 heterocycles. The zero-order valence-corrected chi connectivity index (χ0v) is 28.2. The third-order valence-corrected chi connectivity index (χ3v) is 9.85. The first-order chi connectivity index (χ1) is 23.9. The quantitative estimate of drug-likeness (QED) is 0.261. The van der Waals surface area contributed by atoms with Crippen LogP contribution < -0.4 is 10.2 Å². The van der Waals surface area contributed by atoms with E-state index in [1.165, 1.54) is 6.92 Å². The summed E-state index contributed by atoms with van der Waals surface area (Å²) in [4.78, 5) is 44.0. The standard InChI is InChI=1S/C37H46N4O8/c1-3-48-35-29(13-19-46-21-22-47-20-18-42)30(31-24-40(26(2)43)32-12-8-7-11-28(31)32)23-33(49-35)34(44)39-16-14-37(15-17-39)36(45)38-25-41(37)27-9-5-4-6-10-27/h4-12,23-24,29-30,35,42H,3,13-22,25H2,1-2H3,(H,38,45)/t29-,30-,35+/m0/s1. The van der Waals surface area contributed by atoms with Gasteiger partial charge in [-0.25, -0.2) is 0 Å². The summed E-state index contributed by atoms with van der Waals surface area (Å²) in [7, 11) is 0. The van der Waals surface area contributed by atoms with Gasteiger partial charge in [-0.2, -0.15) is 0 Å². The van der Waals surface area contributed by atoms with Gasteiger partial charge < -0.3 is 39.2 Å². The van der Waals surface area contributed by atoms with Gasteiger partial charge in [0.15, 0.2) is 5.76 Å². The molecule has 262 valence electrons. The average Bonchev–Trinajstić information content (AvgIpc) is 3.66. The number of nitrogens with one attached hydrogen (secondary N) is 1. The molecule has 3 atom stereocenters. The number of ether oxygens (including phenoxy) is 4. The molecule has 2 N–H and O–H groups in total. The van der Waals surface area contributed by atoms with Crippen molar-refractivity contribution in [1.82, 2.24) is 14.8 Å². The average molecular weight is 675 g/mol. The molecule has 6 rings (SSSR count). The number of allylic oxidation sites excluding steroid dienone is 1. The van der Waals surface area contributed by atoms with E-state index in [0.717, 1.165) is 22.2 Å². The monoisotopic (exact) mass is 674 g/mol. The second-order valence-electron chi connectivity index (χ2n) is 12.6. The topological polar surface area (TPSA) is 132 Å². The molecule has 0 saturated carbocycles. The highest BCUT2D eigenvalue weighted by Gasteiger charge is 2.51. The minimum Gasteiger partial charge on any atom is -0.459 e. The van der Waals surface area contributed by atoms with Gasteiger partial charge in [-0.15, -0.1) is 0 Å². The van der Waals surface area contributed by atoms with Gasteiger partial charge in [0.1, 0.15) is 5.54 Å². The number of amides is 2. The third-order valence-electron chi connectivity index (χ3n) is 9.85. The van der Waals surface area contributed by atoms with Crippen molar-refractivity contribution in [2.45, 2.75) is 50.9 Å². The third kappa shape index (κ3) is 7.09. The molecule has 0 aliphatic carbocycles. The minimum atomic E-state index is -0.738. The van der Waals surface area contributed by atoms with Crippen molar-refractivity contribution in [2.75, 3.05) is 64.3 Å². The van der Waals surface area contributed by atoms with E-state index in [1.54, 1.807) is 9.47 Å². The lowest BCUT2D eigenvalue weighted by molar-refractivity contribution is -0.172. The molecule has 1 aromatic heterocycles. The molecule has 2 aromatic carbocycles. The van der Waals surface area contributed by atoms with Crippen LogP contribution in [0.15, 0.2) is 72.6 Å². The predicted molar refractivity (Wildman–Crippen MR) is 183 cm³/mol. The molecule has 12 nitrogen and oxygen atoms in total. The zero-order chi connectivity index (χ0) is 34.4. The Balaban J connectivity index is 1.27. The molecule has 2 amide bonds. The number of para-hydroxylation sites is 2. The molecular formula is C37H46N4O8. The summed E-state index contributed by atoms with van der Waals surface area (Å²) in [6.45, 7) is 6.35. The number of aliphatic hydroxyl groups is 1. The Morgan fingerprint density at radius 2 is 1.71 bits per heavy atom. The highest BCUT2D eigenvalue weighted by atomic mass is 16.7. The first-order valence-corrected chi connectivity index (χ1v) is 17.2. The summed E-state index contributed by atoms with van der Waals surface area (Å²) in [6.07, 6.45) is 4.53. The predicted octanol–water partition coefficient (Wildman–Crippen LogP) is 3.65. The fraction of sp³-hybridized carbons (Fsp3) is 0.486. The zero-order valence-electron chi connectivity index (χ0n) is 28.2. The number of piperidine rings is 1. The van der Waals surface area contributed by atoms with Crippen LogP contribution in [0.4, 0.5) is 5.69 Å². The molecule has 3 aliphatic rings. The number of rotatable bonds is 13. The van der Waals surface area contributed by atoms with E-state index in [4.69, 9.17) is 24.1 Å². The summed E-state index contributed by atoms with van der Waals surface area (Å²) in [5.41, 5.74) is 1.94. The Kier molecular flexibility index (Phi) is 11.0. The maximum atomic E-state index is 14.2. The van der Waals surface area contributed by atoms with E-state index in [9.17, 15) is 14.4 Å². The van der Waals surface area contributed by atoms with Gasteiger partial charge in [0.25, 0.3) is 5.91 Å². The van der Waals surface area contributed by atoms with Crippen LogP contribution in [0.25, 0.3) is 10.9 Å². The summed E-state index contributed by atoms with van der Waals surface area (Å²) in [6, 6.07) is 17.6. The van der Waals surface area contributed by atoms with Gasteiger partial charge in [-0.05, 0) is 56.0 Å². The van der Waals surface area contributed by atoms with Gasteiger partial charge in [0, 0.05) is 62.3 Å². The number of nitrogens with zero attached hydrogens (tertiary/aromatic N) is 3. The van der Waals surface area contributed by atoms with E-state index in [-0.39, 0.29) is 48.5 Å². The number of hydrogen-bond donors (Lipinski definition) is 2. The second kappa shape index (κ2) is 15.5. The van der Waals surface area contributed by atoms with Crippen LogP contribution in [0.3, 0.4) is 0 Å². The number of carbonyl (C=O) groups is 3. The summed E-state index contributed by atoms with van der Waals surface area (Å²) in [5, 5.41) is 12.9. The molecule has 0 bridgehead atoms. The highest BCUT2D eigenvalue weighted by Crippen LogP contribution is 2.43. The first kappa shape index (κ1) is 34.6. The number of fused-ring (bicyclic) bond motifs is 1. The Hall–Kier alpha value is -4.23. The lowest BCUT2D eigenvalue weighted by Crippen LogP contribution is -2.57. The van der Waals surface area contributed by atoms with Gasteiger partial charge in [-0.1, -0.05) is 36.4 Å². The summed E-state index contributed by atoms with van der Waals surface area (Å²) < 4.78 is 25.4. The Morgan fingerprint density at radius 3 is 2.43 bits per heavy atom. The number of aliphatic hydroxyl groups excluding tert-OH is 1.